The summed E-state index contributed by atoms with van der Waals surface area (Å²) in [6.07, 6.45) is -0.269. The molecule has 0 spiro atoms. The van der Waals surface area contributed by atoms with Crippen LogP contribution in [0.1, 0.15) is 18.1 Å². The molecule has 21 heavy (non-hydrogen) atoms. The molecular formula is C15H16N2O3S. The second-order valence-electron chi connectivity index (χ2n) is 4.44. The Morgan fingerprint density at radius 3 is 2.57 bits per heavy atom. The van der Waals surface area contributed by atoms with Crippen LogP contribution in [0.25, 0.3) is 0 Å². The third-order valence-corrected chi connectivity index (χ3v) is 3.57. The van der Waals surface area contributed by atoms with Gasteiger partial charge in [0.1, 0.15) is 0 Å². The molecule has 0 saturated heterocycles. The number of nitrogens with one attached hydrogen (secondary N) is 2. The van der Waals surface area contributed by atoms with Gasteiger partial charge < -0.3 is 15.7 Å². The lowest BCUT2D eigenvalue weighted by molar-refractivity contribution is -0.136. The molecule has 3 N–H and O–H groups in total. The number of carbonyl (C=O) groups excluding carboxylic acids is 2. The number of anilines is 1. The molecule has 0 bridgehead atoms. The molecule has 0 saturated carbocycles. The topological polar surface area (TPSA) is 78.4 Å². The predicted octanol–water partition coefficient (Wildman–Crippen LogP) is 1.93. The second kappa shape index (κ2) is 7.56. The van der Waals surface area contributed by atoms with E-state index in [2.05, 4.69) is 10.6 Å². The largest absolute Gasteiger partial charge is 0.388 e. The van der Waals surface area contributed by atoms with E-state index in [1.165, 1.54) is 11.3 Å². The van der Waals surface area contributed by atoms with Gasteiger partial charge in [0.05, 0.1) is 6.10 Å². The number of para-hydroxylation sites is 1. The number of aliphatic hydroxyl groups excluding tert-OH is 1. The molecule has 2 aromatic rings. The first kappa shape index (κ1) is 15.2. The molecule has 1 atom stereocenters. The zero-order valence-electron chi connectivity index (χ0n) is 11.3. The maximum absolute atomic E-state index is 11.6. The van der Waals surface area contributed by atoms with Crippen LogP contribution in [-0.2, 0) is 9.59 Å². The van der Waals surface area contributed by atoms with Crippen LogP contribution in [0.2, 0.25) is 0 Å². The van der Waals surface area contributed by atoms with Crippen LogP contribution in [0.5, 0.6) is 0 Å². The van der Waals surface area contributed by atoms with E-state index in [-0.39, 0.29) is 6.54 Å². The summed E-state index contributed by atoms with van der Waals surface area (Å²) in [6, 6.07) is 10.6. The standard InChI is InChI=1S/C15H16N2O3S/c18-13(11-7-9-21-10-11)6-8-16-14(19)15(20)17-12-4-2-1-3-5-12/h1-5,7,9-10,13,18H,6,8H2,(H,16,19)(H,17,20). The second-order valence-corrected chi connectivity index (χ2v) is 5.22. The SMILES string of the molecule is O=C(NCCC(O)c1ccsc1)C(=O)Nc1ccccc1. The van der Waals surface area contributed by atoms with Gasteiger partial charge in [-0.2, -0.15) is 11.3 Å². The molecule has 0 fully saturated rings. The molecule has 2 amide bonds. The van der Waals surface area contributed by atoms with Gasteiger partial charge in [0.25, 0.3) is 0 Å². The monoisotopic (exact) mass is 304 g/mol. The number of hydrogen-bond acceptors (Lipinski definition) is 4. The van der Waals surface area contributed by atoms with E-state index in [0.717, 1.165) is 5.56 Å². The van der Waals surface area contributed by atoms with Gasteiger partial charge >= 0.3 is 11.8 Å². The fraction of sp³-hybridized carbons (Fsp3) is 0.200. The normalized spacial score (nSPS) is 11.7. The van der Waals surface area contributed by atoms with Gasteiger partial charge in [-0.15, -0.1) is 0 Å². The Bertz CT molecular complexity index is 584. The number of hydrogen-bond donors (Lipinski definition) is 3. The van der Waals surface area contributed by atoms with Crippen LogP contribution in [0.15, 0.2) is 47.2 Å². The van der Waals surface area contributed by atoms with Crippen molar-refractivity contribution in [3.8, 4) is 0 Å². The van der Waals surface area contributed by atoms with Crippen LogP contribution in [0.4, 0.5) is 5.69 Å². The van der Waals surface area contributed by atoms with Gasteiger partial charge in [-0.1, -0.05) is 18.2 Å². The molecule has 1 heterocycles. The van der Waals surface area contributed by atoms with Crippen molar-refractivity contribution in [3.05, 3.63) is 52.7 Å². The Labute approximate surface area is 126 Å². The minimum Gasteiger partial charge on any atom is -0.388 e. The summed E-state index contributed by atoms with van der Waals surface area (Å²) in [5.74, 6) is -1.43. The van der Waals surface area contributed by atoms with Gasteiger partial charge in [0.2, 0.25) is 0 Å². The van der Waals surface area contributed by atoms with Crippen LogP contribution in [0.3, 0.4) is 0 Å². The van der Waals surface area contributed by atoms with Crippen LogP contribution in [0, 0.1) is 0 Å². The highest BCUT2D eigenvalue weighted by Gasteiger charge is 2.14. The summed E-state index contributed by atoms with van der Waals surface area (Å²) >= 11 is 1.50. The quantitative estimate of drug-likeness (QED) is 0.739. The summed E-state index contributed by atoms with van der Waals surface area (Å²) in [4.78, 5) is 23.2. The smallest absolute Gasteiger partial charge is 0.313 e. The van der Waals surface area contributed by atoms with E-state index in [1.54, 1.807) is 24.3 Å². The molecular weight excluding hydrogens is 288 g/mol. The number of benzene rings is 1. The lowest BCUT2D eigenvalue weighted by atomic mass is 10.1. The van der Waals surface area contributed by atoms with Gasteiger partial charge in [-0.05, 0) is 40.9 Å². The molecule has 0 aliphatic rings. The van der Waals surface area contributed by atoms with Crippen molar-refractivity contribution in [2.45, 2.75) is 12.5 Å². The third-order valence-electron chi connectivity index (χ3n) is 2.87. The first-order valence-corrected chi connectivity index (χ1v) is 7.45. The summed E-state index contributed by atoms with van der Waals surface area (Å²) in [7, 11) is 0. The number of carbonyl (C=O) groups is 2. The highest BCUT2D eigenvalue weighted by molar-refractivity contribution is 7.07. The fourth-order valence-electron chi connectivity index (χ4n) is 1.74. The minimum atomic E-state index is -0.716. The van der Waals surface area contributed by atoms with Gasteiger partial charge in [0, 0.05) is 12.2 Å². The molecule has 0 aliphatic carbocycles. The average molecular weight is 304 g/mol. The first-order valence-electron chi connectivity index (χ1n) is 6.51. The number of rotatable bonds is 5. The van der Waals surface area contributed by atoms with Crippen molar-refractivity contribution >= 4 is 28.8 Å². The van der Waals surface area contributed by atoms with Crippen molar-refractivity contribution in [1.82, 2.24) is 5.32 Å². The Morgan fingerprint density at radius 1 is 1.14 bits per heavy atom. The van der Waals surface area contributed by atoms with Crippen molar-refractivity contribution < 1.29 is 14.7 Å². The van der Waals surface area contributed by atoms with Crippen molar-refractivity contribution in [2.24, 2.45) is 0 Å². The minimum absolute atomic E-state index is 0.234. The Kier molecular flexibility index (Phi) is 5.48. The van der Waals surface area contributed by atoms with E-state index in [4.69, 9.17) is 0 Å². The van der Waals surface area contributed by atoms with Gasteiger partial charge in [-0.25, -0.2) is 0 Å². The highest BCUT2D eigenvalue weighted by Crippen LogP contribution is 2.18. The molecule has 110 valence electrons. The molecule has 0 radical (unpaired) electrons. The average Bonchev–Trinajstić information content (AvgIpc) is 3.02. The van der Waals surface area contributed by atoms with Crippen molar-refractivity contribution in [3.63, 3.8) is 0 Å². The number of amides is 2. The molecule has 5 nitrogen and oxygen atoms in total. The summed E-state index contributed by atoms with van der Waals surface area (Å²) in [6.45, 7) is 0.234. The van der Waals surface area contributed by atoms with Crippen LogP contribution >= 0.6 is 11.3 Å². The zero-order valence-corrected chi connectivity index (χ0v) is 12.1. The highest BCUT2D eigenvalue weighted by atomic mass is 32.1. The predicted molar refractivity (Wildman–Crippen MR) is 82.0 cm³/mol. The Morgan fingerprint density at radius 2 is 1.90 bits per heavy atom. The van der Waals surface area contributed by atoms with Crippen molar-refractivity contribution in [1.29, 1.82) is 0 Å². The van der Waals surface area contributed by atoms with Crippen LogP contribution in [-0.4, -0.2) is 23.5 Å². The van der Waals surface area contributed by atoms with E-state index in [9.17, 15) is 14.7 Å². The van der Waals surface area contributed by atoms with Gasteiger partial charge in [-0.3, -0.25) is 9.59 Å². The Hall–Kier alpha value is -2.18. The lowest BCUT2D eigenvalue weighted by Crippen LogP contribution is -2.36. The fourth-order valence-corrected chi connectivity index (χ4v) is 2.45. The summed E-state index contributed by atoms with van der Waals surface area (Å²) in [5.41, 5.74) is 1.39. The Balaban J connectivity index is 1.73. The maximum atomic E-state index is 11.6. The summed E-state index contributed by atoms with van der Waals surface area (Å²) < 4.78 is 0. The van der Waals surface area contributed by atoms with E-state index in [0.29, 0.717) is 12.1 Å². The summed E-state index contributed by atoms with van der Waals surface area (Å²) in [5, 5.41) is 18.6. The first-order chi connectivity index (χ1) is 10.2. The van der Waals surface area contributed by atoms with Crippen LogP contribution < -0.4 is 10.6 Å². The van der Waals surface area contributed by atoms with E-state index < -0.39 is 17.9 Å². The zero-order chi connectivity index (χ0) is 15.1. The third kappa shape index (κ3) is 4.70. The molecule has 0 aliphatic heterocycles. The number of aliphatic hydroxyl groups is 1. The molecule has 6 heteroatoms. The molecule has 2 rings (SSSR count). The molecule has 1 aromatic heterocycles. The molecule has 1 aromatic carbocycles. The van der Waals surface area contributed by atoms with E-state index >= 15 is 0 Å². The molecule has 1 unspecified atom stereocenters. The lowest BCUT2D eigenvalue weighted by Gasteiger charge is -2.10. The maximum Gasteiger partial charge on any atom is 0.313 e. The number of thiophene rings is 1. The van der Waals surface area contributed by atoms with Gasteiger partial charge in [0.15, 0.2) is 0 Å². The van der Waals surface area contributed by atoms with E-state index in [1.807, 2.05) is 22.9 Å². The van der Waals surface area contributed by atoms with Crippen molar-refractivity contribution in [2.75, 3.05) is 11.9 Å².